The molecule has 0 spiro atoms. The number of hydrogen-bond acceptors (Lipinski definition) is 5. The van der Waals surface area contributed by atoms with E-state index in [4.69, 9.17) is 11.6 Å². The number of carbonyl (C=O) groups is 3. The lowest BCUT2D eigenvalue weighted by atomic mass is 10.00. The van der Waals surface area contributed by atoms with Gasteiger partial charge in [-0.05, 0) is 23.8 Å². The summed E-state index contributed by atoms with van der Waals surface area (Å²) in [6.45, 7) is 0. The second-order valence-electron chi connectivity index (χ2n) is 6.66. The maximum atomic E-state index is 12.8. The smallest absolute Gasteiger partial charge is 0.261 e. The molecule has 0 unspecified atom stereocenters. The number of aromatic nitrogens is 1. The third-order valence-corrected chi connectivity index (χ3v) is 6.01. The van der Waals surface area contributed by atoms with Gasteiger partial charge in [0.1, 0.15) is 0 Å². The fourth-order valence-electron chi connectivity index (χ4n) is 3.18. The van der Waals surface area contributed by atoms with E-state index < -0.39 is 0 Å². The summed E-state index contributed by atoms with van der Waals surface area (Å²) in [6.07, 6.45) is 0.00237. The molecule has 2 heterocycles. The Bertz CT molecular complexity index is 1140. The Balaban J connectivity index is 1.56. The number of nitrogens with zero attached hydrogens (tertiary/aromatic N) is 3. The second kappa shape index (κ2) is 7.42. The standard InChI is InChI=1S/C21H16ClN3O3S/c1-24(21-23-16(11-29-21)12-6-8-14(22)9-7-12)17(26)10-13-4-3-5-15-18(13)20(28)25(2)19(15)27/h3-9,11H,10H2,1-2H3. The summed E-state index contributed by atoms with van der Waals surface area (Å²) in [5.41, 5.74) is 2.85. The van der Waals surface area contributed by atoms with E-state index in [-0.39, 0.29) is 24.1 Å². The molecule has 1 aromatic heterocycles. The number of imide groups is 1. The minimum Gasteiger partial charge on any atom is -0.291 e. The molecule has 1 aliphatic rings. The Hall–Kier alpha value is -3.03. The Morgan fingerprint density at radius 3 is 2.59 bits per heavy atom. The highest BCUT2D eigenvalue weighted by Crippen LogP contribution is 2.29. The van der Waals surface area contributed by atoms with Gasteiger partial charge in [0.2, 0.25) is 5.91 Å². The van der Waals surface area contributed by atoms with Gasteiger partial charge in [-0.2, -0.15) is 0 Å². The van der Waals surface area contributed by atoms with Crippen LogP contribution in [0.3, 0.4) is 0 Å². The van der Waals surface area contributed by atoms with Crippen molar-refractivity contribution < 1.29 is 14.4 Å². The lowest BCUT2D eigenvalue weighted by molar-refractivity contribution is -0.117. The van der Waals surface area contributed by atoms with E-state index in [9.17, 15) is 14.4 Å². The first-order chi connectivity index (χ1) is 13.9. The van der Waals surface area contributed by atoms with Crippen LogP contribution in [0.5, 0.6) is 0 Å². The third kappa shape index (κ3) is 3.43. The van der Waals surface area contributed by atoms with E-state index in [1.54, 1.807) is 37.4 Å². The quantitative estimate of drug-likeness (QED) is 0.594. The van der Waals surface area contributed by atoms with Crippen LogP contribution in [0.15, 0.2) is 47.8 Å². The van der Waals surface area contributed by atoms with Crippen molar-refractivity contribution in [2.45, 2.75) is 6.42 Å². The minimum atomic E-state index is -0.379. The van der Waals surface area contributed by atoms with Gasteiger partial charge >= 0.3 is 0 Å². The summed E-state index contributed by atoms with van der Waals surface area (Å²) >= 11 is 7.28. The lowest BCUT2D eigenvalue weighted by Gasteiger charge is -2.14. The molecule has 2 aromatic carbocycles. The van der Waals surface area contributed by atoms with E-state index in [1.165, 1.54) is 23.3 Å². The van der Waals surface area contributed by atoms with Crippen molar-refractivity contribution in [2.75, 3.05) is 19.0 Å². The van der Waals surface area contributed by atoms with Crippen molar-refractivity contribution in [3.05, 3.63) is 69.6 Å². The molecule has 8 heteroatoms. The normalized spacial score (nSPS) is 13.0. The van der Waals surface area contributed by atoms with Gasteiger partial charge in [-0.3, -0.25) is 24.2 Å². The first kappa shape index (κ1) is 19.3. The number of hydrogen-bond donors (Lipinski definition) is 0. The maximum absolute atomic E-state index is 12.8. The van der Waals surface area contributed by atoms with E-state index in [1.807, 2.05) is 17.5 Å². The highest BCUT2D eigenvalue weighted by Gasteiger charge is 2.35. The second-order valence-corrected chi connectivity index (χ2v) is 7.93. The van der Waals surface area contributed by atoms with Gasteiger partial charge in [-0.1, -0.05) is 35.9 Å². The van der Waals surface area contributed by atoms with Crippen LogP contribution in [0, 0.1) is 0 Å². The van der Waals surface area contributed by atoms with E-state index in [0.29, 0.717) is 26.8 Å². The Morgan fingerprint density at radius 2 is 1.86 bits per heavy atom. The van der Waals surface area contributed by atoms with Crippen LogP contribution in [0.1, 0.15) is 26.3 Å². The first-order valence-electron chi connectivity index (χ1n) is 8.79. The lowest BCUT2D eigenvalue weighted by Crippen LogP contribution is -2.28. The molecule has 1 aliphatic heterocycles. The van der Waals surface area contributed by atoms with Crippen LogP contribution in [-0.2, 0) is 11.2 Å². The van der Waals surface area contributed by atoms with Crippen molar-refractivity contribution in [3.8, 4) is 11.3 Å². The van der Waals surface area contributed by atoms with E-state index in [2.05, 4.69) is 4.98 Å². The zero-order valence-corrected chi connectivity index (χ0v) is 17.3. The zero-order valence-electron chi connectivity index (χ0n) is 15.7. The summed E-state index contributed by atoms with van der Waals surface area (Å²) in [4.78, 5) is 44.5. The van der Waals surface area contributed by atoms with Crippen LogP contribution in [-0.4, -0.2) is 41.7 Å². The largest absolute Gasteiger partial charge is 0.291 e. The van der Waals surface area contributed by atoms with Crippen molar-refractivity contribution >= 4 is 45.8 Å². The Kier molecular flexibility index (Phi) is 4.94. The van der Waals surface area contributed by atoms with Gasteiger partial charge in [0.15, 0.2) is 5.13 Å². The zero-order chi connectivity index (χ0) is 20.7. The number of benzene rings is 2. The van der Waals surface area contributed by atoms with Crippen molar-refractivity contribution in [1.29, 1.82) is 0 Å². The third-order valence-electron chi connectivity index (χ3n) is 4.84. The Labute approximate surface area is 176 Å². The molecule has 0 fully saturated rings. The molecule has 146 valence electrons. The number of halogens is 1. The molecule has 4 rings (SSSR count). The van der Waals surface area contributed by atoms with Crippen LogP contribution in [0.4, 0.5) is 5.13 Å². The number of thiazole rings is 1. The molecule has 0 bridgehead atoms. The number of fused-ring (bicyclic) bond motifs is 1. The molecule has 0 N–H and O–H groups in total. The van der Waals surface area contributed by atoms with Crippen molar-refractivity contribution in [1.82, 2.24) is 9.88 Å². The first-order valence-corrected chi connectivity index (χ1v) is 10.0. The molecule has 3 aromatic rings. The average Bonchev–Trinajstić information content (AvgIpc) is 3.29. The molecule has 3 amide bonds. The highest BCUT2D eigenvalue weighted by molar-refractivity contribution is 7.14. The van der Waals surface area contributed by atoms with Crippen LogP contribution < -0.4 is 4.90 Å². The predicted octanol–water partition coefficient (Wildman–Crippen LogP) is 3.89. The fraction of sp³-hybridized carbons (Fsp3) is 0.143. The van der Waals surface area contributed by atoms with Gasteiger partial charge in [-0.15, -0.1) is 11.3 Å². The fourth-order valence-corrected chi connectivity index (χ4v) is 4.12. The van der Waals surface area contributed by atoms with Gasteiger partial charge in [0.05, 0.1) is 23.2 Å². The average molecular weight is 426 g/mol. The number of anilines is 1. The van der Waals surface area contributed by atoms with Crippen LogP contribution in [0.2, 0.25) is 5.02 Å². The summed E-state index contributed by atoms with van der Waals surface area (Å²) in [5.74, 6) is -0.944. The topological polar surface area (TPSA) is 70.6 Å². The van der Waals surface area contributed by atoms with Crippen molar-refractivity contribution in [3.63, 3.8) is 0 Å². The van der Waals surface area contributed by atoms with Crippen LogP contribution >= 0.6 is 22.9 Å². The highest BCUT2D eigenvalue weighted by atomic mass is 35.5. The summed E-state index contributed by atoms with van der Waals surface area (Å²) in [5, 5.41) is 3.07. The van der Waals surface area contributed by atoms with E-state index in [0.717, 1.165) is 16.2 Å². The molecule has 0 saturated carbocycles. The van der Waals surface area contributed by atoms with E-state index >= 15 is 0 Å². The molecule has 0 radical (unpaired) electrons. The summed E-state index contributed by atoms with van der Waals surface area (Å²) < 4.78 is 0. The SMILES string of the molecule is CN1C(=O)c2cccc(CC(=O)N(C)c3nc(-c4ccc(Cl)cc4)cs3)c2C1=O. The van der Waals surface area contributed by atoms with Gasteiger partial charge < -0.3 is 0 Å². The molecular formula is C21H16ClN3O3S. The van der Waals surface area contributed by atoms with Gasteiger partial charge in [0.25, 0.3) is 11.8 Å². The molecular weight excluding hydrogens is 410 g/mol. The predicted molar refractivity (Wildman–Crippen MR) is 113 cm³/mol. The molecule has 0 aliphatic carbocycles. The number of carbonyl (C=O) groups excluding carboxylic acids is 3. The molecule has 29 heavy (non-hydrogen) atoms. The molecule has 0 atom stereocenters. The summed E-state index contributed by atoms with van der Waals surface area (Å²) in [6, 6.07) is 12.3. The minimum absolute atomic E-state index is 0.00237. The Morgan fingerprint density at radius 1 is 1.14 bits per heavy atom. The summed E-state index contributed by atoms with van der Waals surface area (Å²) in [7, 11) is 3.09. The molecule has 0 saturated heterocycles. The monoisotopic (exact) mass is 425 g/mol. The van der Waals surface area contributed by atoms with Crippen molar-refractivity contribution in [2.24, 2.45) is 0 Å². The number of likely N-dealkylation sites (N-methyl/N-ethyl adjacent to an activating group) is 1. The molecule has 6 nitrogen and oxygen atoms in total. The van der Waals surface area contributed by atoms with Crippen LogP contribution in [0.25, 0.3) is 11.3 Å². The number of amides is 3. The van der Waals surface area contributed by atoms with Gasteiger partial charge in [-0.25, -0.2) is 4.98 Å². The number of rotatable bonds is 4. The maximum Gasteiger partial charge on any atom is 0.261 e. The van der Waals surface area contributed by atoms with Gasteiger partial charge in [0, 0.05) is 30.1 Å².